The number of nitrogens with one attached hydrogen (secondary N) is 1. The van der Waals surface area contributed by atoms with E-state index in [2.05, 4.69) is 10.4 Å². The third kappa shape index (κ3) is 2.48. The van der Waals surface area contributed by atoms with Crippen LogP contribution in [0.15, 0.2) is 40.5 Å². The number of carbonyl (C=O) groups is 1. The molecular formula is C13H9ClN4O2S. The van der Waals surface area contributed by atoms with E-state index in [1.165, 1.54) is 11.3 Å². The van der Waals surface area contributed by atoms with Gasteiger partial charge >= 0.3 is 5.69 Å². The number of nitrogen functional groups attached to an aromatic ring is 1. The molecular weight excluding hydrogens is 312 g/mol. The van der Waals surface area contributed by atoms with Crippen molar-refractivity contribution in [2.24, 2.45) is 0 Å². The fourth-order valence-corrected chi connectivity index (χ4v) is 2.71. The molecule has 0 saturated carbocycles. The smallest absolute Gasteiger partial charge is 0.369 e. The number of fused-ring (bicyclic) bond motifs is 1. The number of anilines is 1. The van der Waals surface area contributed by atoms with Crippen molar-refractivity contribution >= 4 is 44.9 Å². The summed E-state index contributed by atoms with van der Waals surface area (Å²) in [6.45, 7) is 0. The molecule has 8 heteroatoms. The van der Waals surface area contributed by atoms with Gasteiger partial charge in [-0.2, -0.15) is 9.66 Å². The van der Waals surface area contributed by atoms with Gasteiger partial charge in [-0.15, -0.1) is 11.3 Å². The Kier molecular flexibility index (Phi) is 3.36. The number of benzene rings is 1. The summed E-state index contributed by atoms with van der Waals surface area (Å²) in [7, 11) is 0. The summed E-state index contributed by atoms with van der Waals surface area (Å²) >= 11 is 7.07. The molecule has 2 heterocycles. The second-order valence-electron chi connectivity index (χ2n) is 4.20. The van der Waals surface area contributed by atoms with Crippen molar-refractivity contribution in [3.63, 3.8) is 0 Å². The number of amides is 1. The predicted molar refractivity (Wildman–Crippen MR) is 83.4 cm³/mol. The molecule has 0 aliphatic carbocycles. The quantitative estimate of drug-likeness (QED) is 0.756. The van der Waals surface area contributed by atoms with Gasteiger partial charge in [0.2, 0.25) is 0 Å². The van der Waals surface area contributed by atoms with Crippen molar-refractivity contribution in [2.45, 2.75) is 0 Å². The van der Waals surface area contributed by atoms with Crippen LogP contribution in [0.3, 0.4) is 0 Å². The number of halogens is 1. The highest BCUT2D eigenvalue weighted by Gasteiger charge is 2.13. The van der Waals surface area contributed by atoms with Crippen LogP contribution in [0.25, 0.3) is 10.2 Å². The highest BCUT2D eigenvalue weighted by molar-refractivity contribution is 7.16. The van der Waals surface area contributed by atoms with Crippen molar-refractivity contribution in [2.75, 3.05) is 11.2 Å². The summed E-state index contributed by atoms with van der Waals surface area (Å²) in [6.07, 6.45) is 0. The number of hydrogen-bond acceptors (Lipinski definition) is 5. The first-order chi connectivity index (χ1) is 10.1. The van der Waals surface area contributed by atoms with Crippen LogP contribution in [0.1, 0.15) is 10.4 Å². The molecule has 0 unspecified atom stereocenters. The minimum atomic E-state index is -0.634. The van der Waals surface area contributed by atoms with E-state index in [1.807, 2.05) is 0 Å². The Morgan fingerprint density at radius 2 is 2.00 bits per heavy atom. The van der Waals surface area contributed by atoms with Crippen LogP contribution < -0.4 is 16.8 Å². The third-order valence-corrected chi connectivity index (χ3v) is 3.93. The summed E-state index contributed by atoms with van der Waals surface area (Å²) in [5.74, 6) is -0.328. The topological polar surface area (TPSA) is 90.0 Å². The molecule has 0 radical (unpaired) electrons. The lowest BCUT2D eigenvalue weighted by Crippen LogP contribution is -2.36. The number of thiophene rings is 1. The molecule has 1 aromatic carbocycles. The summed E-state index contributed by atoms with van der Waals surface area (Å²) in [4.78, 5) is 28.4. The van der Waals surface area contributed by atoms with Gasteiger partial charge in [0.15, 0.2) is 0 Å². The molecule has 6 nitrogen and oxygen atoms in total. The molecule has 0 aliphatic rings. The molecule has 1 amide bonds. The number of aromatic nitrogens is 2. The van der Waals surface area contributed by atoms with E-state index in [-0.39, 0.29) is 5.82 Å². The standard InChI is InChI=1S/C13H9ClN4O2S/c14-8-3-1-7(2-4-8)11(19)17-18-10(15)9-5-6-21-12(9)16-13(18)20/h1-6H,15H2,(H,17,19). The Bertz CT molecular complexity index is 885. The third-order valence-electron chi connectivity index (χ3n) is 2.87. The molecule has 0 saturated heterocycles. The largest absolute Gasteiger partial charge is 0.383 e. The maximum atomic E-state index is 12.1. The maximum Gasteiger partial charge on any atom is 0.369 e. The maximum absolute atomic E-state index is 12.1. The van der Waals surface area contributed by atoms with Gasteiger partial charge in [-0.3, -0.25) is 10.2 Å². The van der Waals surface area contributed by atoms with Gasteiger partial charge in [0.1, 0.15) is 10.6 Å². The minimum absolute atomic E-state index is 0.147. The molecule has 0 bridgehead atoms. The van der Waals surface area contributed by atoms with Crippen LogP contribution >= 0.6 is 22.9 Å². The van der Waals surface area contributed by atoms with Gasteiger partial charge in [-0.05, 0) is 35.7 Å². The Labute approximate surface area is 127 Å². The van der Waals surface area contributed by atoms with E-state index in [0.717, 1.165) is 4.68 Å². The van der Waals surface area contributed by atoms with Gasteiger partial charge < -0.3 is 5.73 Å². The van der Waals surface area contributed by atoms with Crippen LogP contribution in [0, 0.1) is 0 Å². The number of carbonyl (C=O) groups excluding carboxylic acids is 1. The number of nitrogens with two attached hydrogens (primary N) is 1. The van der Waals surface area contributed by atoms with Crippen LogP contribution in [0.2, 0.25) is 5.02 Å². The summed E-state index contributed by atoms with van der Waals surface area (Å²) in [6, 6.07) is 8.02. The zero-order valence-corrected chi connectivity index (χ0v) is 12.1. The first-order valence-electron chi connectivity index (χ1n) is 5.89. The summed E-state index contributed by atoms with van der Waals surface area (Å²) in [5.41, 5.74) is 8.07. The number of nitrogens with zero attached hydrogens (tertiary/aromatic N) is 2. The Morgan fingerprint density at radius 1 is 1.29 bits per heavy atom. The lowest BCUT2D eigenvalue weighted by molar-refractivity contribution is 0.101. The summed E-state index contributed by atoms with van der Waals surface area (Å²) < 4.78 is 0.937. The van der Waals surface area contributed by atoms with E-state index in [4.69, 9.17) is 17.3 Å². The lowest BCUT2D eigenvalue weighted by atomic mass is 10.2. The number of hydrogen-bond donors (Lipinski definition) is 2. The van der Waals surface area contributed by atoms with E-state index in [9.17, 15) is 9.59 Å². The zero-order valence-electron chi connectivity index (χ0n) is 10.5. The summed E-state index contributed by atoms with van der Waals surface area (Å²) in [5, 5.41) is 2.92. The molecule has 3 N–H and O–H groups in total. The van der Waals surface area contributed by atoms with Gasteiger partial charge in [-0.1, -0.05) is 11.6 Å². The SMILES string of the molecule is Nc1c2ccsc2nc(=O)n1NC(=O)c1ccc(Cl)cc1. The van der Waals surface area contributed by atoms with Crippen LogP contribution in [0.5, 0.6) is 0 Å². The molecule has 2 aromatic heterocycles. The minimum Gasteiger partial charge on any atom is -0.383 e. The van der Waals surface area contributed by atoms with E-state index in [0.29, 0.717) is 20.8 Å². The monoisotopic (exact) mass is 320 g/mol. The van der Waals surface area contributed by atoms with Crippen LogP contribution in [-0.2, 0) is 0 Å². The van der Waals surface area contributed by atoms with Crippen molar-refractivity contribution in [3.8, 4) is 0 Å². The van der Waals surface area contributed by atoms with Crippen LogP contribution in [0.4, 0.5) is 5.82 Å². The highest BCUT2D eigenvalue weighted by Crippen LogP contribution is 2.21. The predicted octanol–water partition coefficient (Wildman–Crippen LogP) is 2.08. The van der Waals surface area contributed by atoms with E-state index >= 15 is 0 Å². The fraction of sp³-hybridized carbons (Fsp3) is 0. The normalized spacial score (nSPS) is 10.7. The fourth-order valence-electron chi connectivity index (χ4n) is 1.82. The Hall–Kier alpha value is -2.38. The van der Waals surface area contributed by atoms with Gasteiger partial charge in [0.05, 0.1) is 5.39 Å². The zero-order chi connectivity index (χ0) is 15.0. The van der Waals surface area contributed by atoms with E-state index in [1.54, 1.807) is 35.7 Å². The second-order valence-corrected chi connectivity index (χ2v) is 5.53. The van der Waals surface area contributed by atoms with Crippen molar-refractivity contribution in [3.05, 3.63) is 56.8 Å². The first-order valence-corrected chi connectivity index (χ1v) is 7.14. The number of rotatable bonds is 2. The molecule has 21 heavy (non-hydrogen) atoms. The molecule has 0 fully saturated rings. The highest BCUT2D eigenvalue weighted by atomic mass is 35.5. The van der Waals surface area contributed by atoms with Gasteiger partial charge in [0, 0.05) is 10.6 Å². The van der Waals surface area contributed by atoms with Crippen LogP contribution in [-0.4, -0.2) is 15.6 Å². The Balaban J connectivity index is 1.99. The lowest BCUT2D eigenvalue weighted by Gasteiger charge is -2.11. The molecule has 0 atom stereocenters. The van der Waals surface area contributed by atoms with Crippen molar-refractivity contribution in [1.82, 2.24) is 9.66 Å². The second kappa shape index (κ2) is 5.19. The average Bonchev–Trinajstić information content (AvgIpc) is 2.92. The van der Waals surface area contributed by atoms with E-state index < -0.39 is 11.6 Å². The molecule has 106 valence electrons. The molecule has 3 aromatic rings. The Morgan fingerprint density at radius 3 is 2.71 bits per heavy atom. The molecule has 0 spiro atoms. The average molecular weight is 321 g/mol. The van der Waals surface area contributed by atoms with Crippen molar-refractivity contribution in [1.29, 1.82) is 0 Å². The molecule has 0 aliphatic heterocycles. The van der Waals surface area contributed by atoms with Gasteiger partial charge in [0.25, 0.3) is 5.91 Å². The van der Waals surface area contributed by atoms with Gasteiger partial charge in [-0.25, -0.2) is 4.79 Å². The van der Waals surface area contributed by atoms with Crippen molar-refractivity contribution < 1.29 is 4.79 Å². The first kappa shape index (κ1) is 13.6. The molecule has 3 rings (SSSR count).